The molecule has 0 bridgehead atoms. The van der Waals surface area contributed by atoms with Crippen LogP contribution in [0.4, 0.5) is 5.95 Å². The maximum atomic E-state index is 13.2. The fourth-order valence-electron chi connectivity index (χ4n) is 5.01. The average Bonchev–Trinajstić information content (AvgIpc) is 3.74. The first-order valence-electron chi connectivity index (χ1n) is 12.6. The maximum Gasteiger partial charge on any atom is 0.472 e. The Kier molecular flexibility index (Phi) is 7.67. The highest BCUT2D eigenvalue weighted by atomic mass is 31.2. The van der Waals surface area contributed by atoms with Gasteiger partial charge in [-0.25, -0.2) is 19.5 Å². The van der Waals surface area contributed by atoms with Crippen molar-refractivity contribution in [3.8, 4) is 5.88 Å². The summed E-state index contributed by atoms with van der Waals surface area (Å²) in [6.45, 7) is -1.49. The molecule has 0 amide bonds. The van der Waals surface area contributed by atoms with E-state index in [4.69, 9.17) is 29.8 Å². The number of hydrogen-bond donors (Lipinski definition) is 7. The number of aromatic amines is 1. The second-order valence-corrected chi connectivity index (χ2v) is 11.0. The Labute approximate surface area is 242 Å². The molecule has 23 nitrogen and oxygen atoms in total. The van der Waals surface area contributed by atoms with Crippen molar-refractivity contribution >= 4 is 36.1 Å². The smallest absolute Gasteiger partial charge is 0.472 e. The second-order valence-electron chi connectivity index (χ2n) is 9.62. The summed E-state index contributed by atoms with van der Waals surface area (Å²) in [4.78, 5) is 47.4. The van der Waals surface area contributed by atoms with Crippen LogP contribution in [0.25, 0.3) is 32.8 Å². The Morgan fingerprint density at radius 3 is 2.52 bits per heavy atom. The number of aromatic hydroxyl groups is 1. The lowest BCUT2D eigenvalue weighted by Gasteiger charge is -2.25. The van der Waals surface area contributed by atoms with E-state index >= 15 is 0 Å². The van der Waals surface area contributed by atoms with Gasteiger partial charge >= 0.3 is 7.82 Å². The molecular formula is C20H23N12O11P. The predicted octanol–water partition coefficient (Wildman–Crippen LogP) is -2.06. The Morgan fingerprint density at radius 2 is 1.80 bits per heavy atom. The summed E-state index contributed by atoms with van der Waals surface area (Å²) in [5.74, 6) is -0.698. The number of aromatic nitrogens is 8. The number of hydrogen-bond acceptors (Lipinski definition) is 17. The molecule has 6 heterocycles. The van der Waals surface area contributed by atoms with E-state index < -0.39 is 81.5 Å². The SMILES string of the molecule is [N-]=[N+]=NC1[C@@H](OP(=O)(O)OC[C@H]2O[C@@H](n3cnc4c(O)ncnc43)[C@H](O)[C@@H]2O)[C@H](n2cnc3c(=O)[nH]c(N)nc32)O[C@@H]1CO. The third-order valence-electron chi connectivity index (χ3n) is 7.01. The number of imidazole rings is 2. The predicted molar refractivity (Wildman–Crippen MR) is 140 cm³/mol. The molecule has 2 aliphatic rings. The van der Waals surface area contributed by atoms with Gasteiger partial charge < -0.3 is 40.5 Å². The molecule has 9 atom stereocenters. The van der Waals surface area contributed by atoms with Crippen LogP contribution in [-0.4, -0.2) is 114 Å². The van der Waals surface area contributed by atoms with Crippen LogP contribution in [0, 0.1) is 0 Å². The average molecular weight is 638 g/mol. The number of phosphoric acid groups is 1. The molecule has 2 fully saturated rings. The molecule has 2 saturated heterocycles. The van der Waals surface area contributed by atoms with Crippen LogP contribution in [0.1, 0.15) is 12.5 Å². The number of H-pyrrole nitrogens is 1. The number of azide groups is 1. The first kappa shape index (κ1) is 29.8. The lowest BCUT2D eigenvalue weighted by atomic mass is 10.1. The minimum absolute atomic E-state index is 0.00279. The molecule has 6 rings (SSSR count). The van der Waals surface area contributed by atoms with E-state index in [1.54, 1.807) is 0 Å². The molecule has 0 saturated carbocycles. The summed E-state index contributed by atoms with van der Waals surface area (Å²) >= 11 is 0. The van der Waals surface area contributed by atoms with Gasteiger partial charge in [0.15, 0.2) is 34.8 Å². The van der Waals surface area contributed by atoms with Crippen LogP contribution < -0.4 is 11.3 Å². The highest BCUT2D eigenvalue weighted by Crippen LogP contribution is 2.50. The monoisotopic (exact) mass is 638 g/mol. The zero-order chi connectivity index (χ0) is 31.3. The number of nitrogens with two attached hydrogens (primary N) is 1. The molecule has 234 valence electrons. The van der Waals surface area contributed by atoms with Gasteiger partial charge in [-0.3, -0.25) is 28.0 Å². The van der Waals surface area contributed by atoms with Gasteiger partial charge in [0, 0.05) is 4.91 Å². The fourth-order valence-corrected chi connectivity index (χ4v) is 5.94. The summed E-state index contributed by atoms with van der Waals surface area (Å²) in [6, 6.07) is -1.39. The largest absolute Gasteiger partial charge is 0.492 e. The second kappa shape index (κ2) is 11.3. The molecule has 2 unspecified atom stereocenters. The summed E-state index contributed by atoms with van der Waals surface area (Å²) < 4.78 is 37.4. The number of aliphatic hydroxyl groups excluding tert-OH is 3. The van der Waals surface area contributed by atoms with E-state index in [9.17, 15) is 34.7 Å². The van der Waals surface area contributed by atoms with E-state index in [-0.39, 0.29) is 28.3 Å². The van der Waals surface area contributed by atoms with Crippen LogP contribution in [0.5, 0.6) is 5.88 Å². The van der Waals surface area contributed by atoms with Crippen LogP contribution in [0.2, 0.25) is 0 Å². The Bertz CT molecular complexity index is 1860. The van der Waals surface area contributed by atoms with Gasteiger partial charge in [-0.2, -0.15) is 9.97 Å². The first-order chi connectivity index (χ1) is 21.0. The van der Waals surface area contributed by atoms with E-state index in [1.165, 1.54) is 10.9 Å². The van der Waals surface area contributed by atoms with Gasteiger partial charge in [-0.05, 0) is 5.53 Å². The van der Waals surface area contributed by atoms with Crippen molar-refractivity contribution in [1.82, 2.24) is 39.0 Å². The summed E-state index contributed by atoms with van der Waals surface area (Å²) in [5.41, 5.74) is 13.9. The number of ether oxygens (including phenoxy) is 2. The quantitative estimate of drug-likeness (QED) is 0.0448. The number of phosphoric ester groups is 1. The van der Waals surface area contributed by atoms with Gasteiger partial charge in [0.2, 0.25) is 11.8 Å². The molecule has 4 aromatic heterocycles. The number of nitrogen functional groups attached to an aromatic ring is 1. The molecule has 0 radical (unpaired) electrons. The van der Waals surface area contributed by atoms with Crippen LogP contribution >= 0.6 is 7.82 Å². The van der Waals surface area contributed by atoms with Crippen molar-refractivity contribution in [1.29, 1.82) is 0 Å². The molecule has 24 heteroatoms. The molecular weight excluding hydrogens is 615 g/mol. The third kappa shape index (κ3) is 5.11. The number of aliphatic hydroxyl groups is 3. The minimum atomic E-state index is -5.12. The summed E-state index contributed by atoms with van der Waals surface area (Å²) in [5, 5.41) is 44.5. The van der Waals surface area contributed by atoms with Crippen molar-refractivity contribution in [2.24, 2.45) is 5.11 Å². The number of nitrogens with one attached hydrogen (secondary N) is 1. The van der Waals surface area contributed by atoms with Crippen LogP contribution in [-0.2, 0) is 23.1 Å². The highest BCUT2D eigenvalue weighted by Gasteiger charge is 2.51. The number of fused-ring (bicyclic) bond motifs is 2. The van der Waals surface area contributed by atoms with Crippen molar-refractivity contribution < 1.29 is 48.4 Å². The van der Waals surface area contributed by atoms with Crippen molar-refractivity contribution in [3.63, 3.8) is 0 Å². The first-order valence-corrected chi connectivity index (χ1v) is 14.1. The molecule has 0 aromatic carbocycles. The molecule has 8 N–H and O–H groups in total. The van der Waals surface area contributed by atoms with Crippen LogP contribution in [0.15, 0.2) is 28.9 Å². The van der Waals surface area contributed by atoms with Gasteiger partial charge in [-0.1, -0.05) is 5.11 Å². The Morgan fingerprint density at radius 1 is 1.09 bits per heavy atom. The molecule has 0 spiro atoms. The van der Waals surface area contributed by atoms with Crippen LogP contribution in [0.3, 0.4) is 0 Å². The Balaban J connectivity index is 1.22. The van der Waals surface area contributed by atoms with Crippen molar-refractivity contribution in [3.05, 3.63) is 39.8 Å². The van der Waals surface area contributed by atoms with Gasteiger partial charge in [0.25, 0.3) is 5.56 Å². The number of rotatable bonds is 9. The molecule has 0 aliphatic carbocycles. The van der Waals surface area contributed by atoms with E-state index in [2.05, 4.69) is 39.9 Å². The Hall–Kier alpha value is -4.28. The lowest BCUT2D eigenvalue weighted by Crippen LogP contribution is -2.35. The number of anilines is 1. The third-order valence-corrected chi connectivity index (χ3v) is 8.00. The van der Waals surface area contributed by atoms with E-state index in [0.29, 0.717) is 0 Å². The van der Waals surface area contributed by atoms with Crippen molar-refractivity contribution in [2.45, 2.75) is 49.0 Å². The lowest BCUT2D eigenvalue weighted by molar-refractivity contribution is -0.0615. The normalized spacial score (nSPS) is 30.1. The van der Waals surface area contributed by atoms with E-state index in [0.717, 1.165) is 17.2 Å². The molecule has 44 heavy (non-hydrogen) atoms. The standard InChI is InChI=1S/C20H23N12O11P/c21-20-27-15-10(17(37)28-20)26-5-32(15)19-13(8(29-30-22)6(1-33)41-19)43-44(38,39)40-2-7-11(34)12(35)18(42-7)31-4-25-9-14(31)23-3-24-16(9)36/h3-8,11-13,18-19,33-35H,1-2H2,(H,38,39)(H,23,24,36)(H3,21,27,28,37)/t6-,7-,8?,11-,12-,13-,18-,19-/m1/s1. The van der Waals surface area contributed by atoms with E-state index in [1.807, 2.05) is 0 Å². The zero-order valence-electron chi connectivity index (χ0n) is 21.9. The topological polar surface area (TPSA) is 337 Å². The van der Waals surface area contributed by atoms with Gasteiger partial charge in [-0.15, -0.1) is 0 Å². The maximum absolute atomic E-state index is 13.2. The highest BCUT2D eigenvalue weighted by molar-refractivity contribution is 7.47. The molecule has 2 aliphatic heterocycles. The van der Waals surface area contributed by atoms with Gasteiger partial charge in [0.1, 0.15) is 30.7 Å². The zero-order valence-corrected chi connectivity index (χ0v) is 22.8. The van der Waals surface area contributed by atoms with Crippen molar-refractivity contribution in [2.75, 3.05) is 18.9 Å². The number of nitrogens with zero attached hydrogens (tertiary/aromatic N) is 10. The van der Waals surface area contributed by atoms with Gasteiger partial charge in [0.05, 0.1) is 38.0 Å². The fraction of sp³-hybridized carbons (Fsp3) is 0.500. The molecule has 4 aromatic rings. The minimum Gasteiger partial charge on any atom is -0.492 e. The summed E-state index contributed by atoms with van der Waals surface area (Å²) in [7, 11) is -5.12. The summed E-state index contributed by atoms with van der Waals surface area (Å²) in [6.07, 6.45) is -6.81.